The number of pyridine rings is 1. The summed E-state index contributed by atoms with van der Waals surface area (Å²) in [5.41, 5.74) is 14.6. The Kier molecular flexibility index (Phi) is 9.49. The molecule has 0 fully saturated rings. The van der Waals surface area contributed by atoms with Gasteiger partial charge in [0.05, 0.1) is 11.2 Å². The number of hydrogen-bond donors (Lipinski definition) is 0. The molecule has 0 aliphatic carbocycles. The van der Waals surface area contributed by atoms with Crippen molar-refractivity contribution in [3.63, 3.8) is 0 Å². The molecule has 0 saturated carbocycles. The molecule has 0 bridgehead atoms. The van der Waals surface area contributed by atoms with E-state index in [0.717, 1.165) is 94.1 Å². The van der Waals surface area contributed by atoms with Gasteiger partial charge in [-0.1, -0.05) is 212 Å². The highest BCUT2D eigenvalue weighted by molar-refractivity contribution is 6.18. The smallest absolute Gasteiger partial charge is 0.164 e. The third kappa shape index (κ3) is 7.10. The molecule has 9 aromatic carbocycles. The first-order valence-electron chi connectivity index (χ1n) is 20.9. The van der Waals surface area contributed by atoms with E-state index in [9.17, 15) is 0 Å². The molecule has 11 rings (SSSR count). The number of rotatable bonds is 8. The van der Waals surface area contributed by atoms with E-state index >= 15 is 0 Å². The van der Waals surface area contributed by atoms with Gasteiger partial charge in [-0.2, -0.15) is 0 Å². The summed E-state index contributed by atoms with van der Waals surface area (Å²) in [6.45, 7) is 0. The van der Waals surface area contributed by atoms with Crippen LogP contribution in [0.5, 0.6) is 0 Å². The maximum absolute atomic E-state index is 5.48. The largest absolute Gasteiger partial charge is 0.247 e. The Hall–Kier alpha value is -8.34. The zero-order valence-corrected chi connectivity index (χ0v) is 33.7. The molecule has 2 heterocycles. The fourth-order valence-electron chi connectivity index (χ4n) is 8.38. The highest BCUT2D eigenvalue weighted by Gasteiger charge is 2.19. The molecule has 0 saturated heterocycles. The number of hydrogen-bond acceptors (Lipinski definition) is 4. The SMILES string of the molecule is c1ccc(-c2ccc(-c3nc(-c4ccc(-c5ccccc5)cc4)nc(-c4cccc(-c5cc6ccccc6c6c(-c7ccccc7)cc(-c7ccccc7)nc56)c4)n3)cc2)cc1. The predicted molar refractivity (Wildman–Crippen MR) is 256 cm³/mol. The maximum Gasteiger partial charge on any atom is 0.164 e. The van der Waals surface area contributed by atoms with Gasteiger partial charge in [0.1, 0.15) is 0 Å². The zero-order chi connectivity index (χ0) is 41.2. The summed E-state index contributed by atoms with van der Waals surface area (Å²) in [5, 5.41) is 3.43. The van der Waals surface area contributed by atoms with E-state index in [1.165, 1.54) is 0 Å². The van der Waals surface area contributed by atoms with Gasteiger partial charge in [0.2, 0.25) is 0 Å². The predicted octanol–water partition coefficient (Wildman–Crippen LogP) is 14.9. The van der Waals surface area contributed by atoms with Crippen LogP contribution in [0.25, 0.3) is 112 Å². The van der Waals surface area contributed by atoms with Crippen LogP contribution in [-0.2, 0) is 0 Å². The fourth-order valence-corrected chi connectivity index (χ4v) is 8.38. The van der Waals surface area contributed by atoms with Gasteiger partial charge in [-0.25, -0.2) is 19.9 Å². The van der Waals surface area contributed by atoms with Crippen LogP contribution >= 0.6 is 0 Å². The van der Waals surface area contributed by atoms with Gasteiger partial charge >= 0.3 is 0 Å². The first-order valence-corrected chi connectivity index (χ1v) is 20.9. The lowest BCUT2D eigenvalue weighted by atomic mass is 9.90. The molecule has 0 radical (unpaired) electrons. The van der Waals surface area contributed by atoms with Crippen molar-refractivity contribution in [1.82, 2.24) is 19.9 Å². The van der Waals surface area contributed by atoms with Gasteiger partial charge in [0.25, 0.3) is 0 Å². The van der Waals surface area contributed by atoms with Gasteiger partial charge in [-0.3, -0.25) is 0 Å². The molecular weight excluding hydrogens is 753 g/mol. The average Bonchev–Trinajstić information content (AvgIpc) is 3.37. The molecule has 2 aromatic heterocycles. The molecule has 0 aliphatic rings. The molecule has 290 valence electrons. The molecule has 0 spiro atoms. The van der Waals surface area contributed by atoms with E-state index in [4.69, 9.17) is 19.9 Å². The van der Waals surface area contributed by atoms with Crippen LogP contribution in [0.4, 0.5) is 0 Å². The van der Waals surface area contributed by atoms with Gasteiger partial charge < -0.3 is 0 Å². The van der Waals surface area contributed by atoms with Crippen LogP contribution in [0.15, 0.2) is 231 Å². The summed E-state index contributed by atoms with van der Waals surface area (Å²) in [6, 6.07) is 80.5. The van der Waals surface area contributed by atoms with Gasteiger partial charge in [0, 0.05) is 33.2 Å². The second-order valence-electron chi connectivity index (χ2n) is 15.4. The summed E-state index contributed by atoms with van der Waals surface area (Å²) >= 11 is 0. The van der Waals surface area contributed by atoms with Crippen LogP contribution < -0.4 is 0 Å². The van der Waals surface area contributed by atoms with E-state index in [0.29, 0.717) is 17.5 Å². The lowest BCUT2D eigenvalue weighted by molar-refractivity contribution is 1.07. The number of aromatic nitrogens is 4. The number of nitrogens with zero attached hydrogens (tertiary/aromatic N) is 4. The molecule has 4 nitrogen and oxygen atoms in total. The Balaban J connectivity index is 1.09. The molecule has 0 unspecified atom stereocenters. The fraction of sp³-hybridized carbons (Fsp3) is 0. The first-order chi connectivity index (χ1) is 30.7. The highest BCUT2D eigenvalue weighted by atomic mass is 15.0. The van der Waals surface area contributed by atoms with Crippen molar-refractivity contribution >= 4 is 21.7 Å². The topological polar surface area (TPSA) is 51.6 Å². The Morgan fingerprint density at radius 3 is 1.23 bits per heavy atom. The highest BCUT2D eigenvalue weighted by Crippen LogP contribution is 2.42. The second kappa shape index (κ2) is 16.0. The van der Waals surface area contributed by atoms with Crippen molar-refractivity contribution < 1.29 is 0 Å². The Bertz CT molecular complexity index is 3250. The summed E-state index contributed by atoms with van der Waals surface area (Å²) in [5.74, 6) is 1.82. The van der Waals surface area contributed by atoms with Crippen molar-refractivity contribution in [2.24, 2.45) is 0 Å². The molecule has 0 aliphatic heterocycles. The summed E-state index contributed by atoms with van der Waals surface area (Å²) in [7, 11) is 0. The molecule has 4 heteroatoms. The van der Waals surface area contributed by atoms with Crippen molar-refractivity contribution in [2.45, 2.75) is 0 Å². The van der Waals surface area contributed by atoms with Crippen molar-refractivity contribution in [3.8, 4) is 89.9 Å². The van der Waals surface area contributed by atoms with Crippen molar-refractivity contribution in [3.05, 3.63) is 231 Å². The number of fused-ring (bicyclic) bond motifs is 3. The van der Waals surface area contributed by atoms with Crippen LogP contribution in [0.3, 0.4) is 0 Å². The molecule has 62 heavy (non-hydrogen) atoms. The summed E-state index contributed by atoms with van der Waals surface area (Å²) in [6.07, 6.45) is 0. The number of benzene rings is 9. The Labute approximate surface area is 360 Å². The molecule has 0 N–H and O–H groups in total. The van der Waals surface area contributed by atoms with Crippen LogP contribution in [0.1, 0.15) is 0 Å². The quantitative estimate of drug-likeness (QED) is 0.144. The van der Waals surface area contributed by atoms with E-state index in [-0.39, 0.29) is 0 Å². The van der Waals surface area contributed by atoms with Gasteiger partial charge in [-0.15, -0.1) is 0 Å². The Morgan fingerprint density at radius 1 is 0.242 bits per heavy atom. The minimum atomic E-state index is 0.596. The normalized spacial score (nSPS) is 11.2. The van der Waals surface area contributed by atoms with Crippen LogP contribution in [0, 0.1) is 0 Å². The first kappa shape index (κ1) is 36.7. The van der Waals surface area contributed by atoms with E-state index in [2.05, 4.69) is 212 Å². The third-order valence-electron chi connectivity index (χ3n) is 11.5. The third-order valence-corrected chi connectivity index (χ3v) is 11.5. The maximum atomic E-state index is 5.48. The van der Waals surface area contributed by atoms with Crippen molar-refractivity contribution in [1.29, 1.82) is 0 Å². The lowest BCUT2D eigenvalue weighted by Crippen LogP contribution is -2.00. The monoisotopic (exact) mass is 790 g/mol. The minimum Gasteiger partial charge on any atom is -0.247 e. The van der Waals surface area contributed by atoms with Crippen LogP contribution in [0.2, 0.25) is 0 Å². The Morgan fingerprint density at radius 2 is 0.661 bits per heavy atom. The van der Waals surface area contributed by atoms with E-state index in [1.807, 2.05) is 18.2 Å². The summed E-state index contributed by atoms with van der Waals surface area (Å²) in [4.78, 5) is 21.0. The van der Waals surface area contributed by atoms with Gasteiger partial charge in [0.15, 0.2) is 17.5 Å². The minimum absolute atomic E-state index is 0.596. The standard InChI is InChI=1S/C58H38N4/c1-5-16-39(17-6-1)41-28-32-45(33-29-41)56-60-57(46-34-30-42(31-35-46)40-18-7-2-8-19-40)62-58(61-56)49-26-15-25-47(36-49)52-37-48-24-13-14-27-50(48)54-51(43-20-9-3-10-21-43)38-53(59-55(52)54)44-22-11-4-12-23-44/h1-38H. The zero-order valence-electron chi connectivity index (χ0n) is 33.7. The lowest BCUT2D eigenvalue weighted by Gasteiger charge is -2.17. The van der Waals surface area contributed by atoms with Crippen LogP contribution in [-0.4, -0.2) is 19.9 Å². The van der Waals surface area contributed by atoms with E-state index in [1.54, 1.807) is 0 Å². The van der Waals surface area contributed by atoms with E-state index < -0.39 is 0 Å². The summed E-state index contributed by atoms with van der Waals surface area (Å²) < 4.78 is 0. The molecule has 0 amide bonds. The van der Waals surface area contributed by atoms with Crippen molar-refractivity contribution in [2.75, 3.05) is 0 Å². The molecule has 11 aromatic rings. The average molecular weight is 791 g/mol. The molecular formula is C58H38N4. The second-order valence-corrected chi connectivity index (χ2v) is 15.4. The van der Waals surface area contributed by atoms with Gasteiger partial charge in [-0.05, 0) is 67.9 Å². The molecule has 0 atom stereocenters.